The van der Waals surface area contributed by atoms with Crippen LogP contribution in [0, 0.1) is 11.8 Å². The lowest BCUT2D eigenvalue weighted by Gasteiger charge is -2.17. The molecule has 0 saturated carbocycles. The molecule has 0 aliphatic carbocycles. The third kappa shape index (κ3) is 2.51. The van der Waals surface area contributed by atoms with Gasteiger partial charge in [0, 0.05) is 18.8 Å². The lowest BCUT2D eigenvalue weighted by atomic mass is 10.0. The topological polar surface area (TPSA) is 101 Å². The highest BCUT2D eigenvalue weighted by molar-refractivity contribution is 7.89. The highest BCUT2D eigenvalue weighted by Gasteiger charge is 2.36. The minimum atomic E-state index is -3.80. The highest BCUT2D eigenvalue weighted by atomic mass is 32.2. The molecule has 1 aliphatic heterocycles. The molecule has 2 atom stereocenters. The van der Waals surface area contributed by atoms with Crippen molar-refractivity contribution in [1.82, 2.24) is 4.31 Å². The number of nitrogens with zero attached hydrogens (tertiary/aromatic N) is 1. The first-order valence-corrected chi connectivity index (χ1v) is 7.80. The summed E-state index contributed by atoms with van der Waals surface area (Å²) < 4.78 is 26.5. The van der Waals surface area contributed by atoms with Crippen molar-refractivity contribution >= 4 is 21.7 Å². The van der Waals surface area contributed by atoms with Crippen molar-refractivity contribution in [2.75, 3.05) is 18.8 Å². The summed E-state index contributed by atoms with van der Waals surface area (Å²) in [6.07, 6.45) is 0. The van der Waals surface area contributed by atoms with E-state index < -0.39 is 16.0 Å². The molecule has 0 radical (unpaired) electrons. The molecule has 1 heterocycles. The van der Waals surface area contributed by atoms with Crippen molar-refractivity contribution in [2.45, 2.75) is 18.7 Å². The smallest absolute Gasteiger partial charge is 0.337 e. The number of benzene rings is 1. The van der Waals surface area contributed by atoms with Gasteiger partial charge in [0.15, 0.2) is 0 Å². The Kier molecular flexibility index (Phi) is 3.75. The summed E-state index contributed by atoms with van der Waals surface area (Å²) >= 11 is 0. The minimum absolute atomic E-state index is 0.194. The van der Waals surface area contributed by atoms with Crippen LogP contribution in [-0.4, -0.2) is 36.9 Å². The van der Waals surface area contributed by atoms with Crippen molar-refractivity contribution in [1.29, 1.82) is 0 Å². The van der Waals surface area contributed by atoms with Gasteiger partial charge in [-0.25, -0.2) is 13.2 Å². The Hall–Kier alpha value is -1.60. The summed E-state index contributed by atoms with van der Waals surface area (Å²) in [6.45, 7) is 4.79. The number of carbonyl (C=O) groups is 1. The molecule has 3 N–H and O–H groups in total. The van der Waals surface area contributed by atoms with Crippen molar-refractivity contribution < 1.29 is 18.3 Å². The van der Waals surface area contributed by atoms with Gasteiger partial charge in [-0.3, -0.25) is 0 Å². The third-order valence-electron chi connectivity index (χ3n) is 3.81. The average Bonchev–Trinajstić information content (AvgIpc) is 2.70. The van der Waals surface area contributed by atoms with Gasteiger partial charge in [0.1, 0.15) is 0 Å². The maximum atomic E-state index is 12.6. The molecule has 1 aliphatic rings. The maximum Gasteiger partial charge on any atom is 0.337 e. The van der Waals surface area contributed by atoms with Gasteiger partial charge in [0.25, 0.3) is 0 Å². The molecule has 0 amide bonds. The van der Waals surface area contributed by atoms with E-state index in [0.29, 0.717) is 13.1 Å². The first-order valence-electron chi connectivity index (χ1n) is 6.36. The van der Waals surface area contributed by atoms with Crippen LogP contribution >= 0.6 is 0 Å². The second-order valence-corrected chi connectivity index (χ2v) is 7.24. The largest absolute Gasteiger partial charge is 0.478 e. The van der Waals surface area contributed by atoms with E-state index in [2.05, 4.69) is 0 Å². The first kappa shape index (κ1) is 14.8. The van der Waals surface area contributed by atoms with Gasteiger partial charge in [-0.05, 0) is 30.0 Å². The third-order valence-corrected chi connectivity index (χ3v) is 5.70. The van der Waals surface area contributed by atoms with Gasteiger partial charge in [-0.15, -0.1) is 0 Å². The fourth-order valence-electron chi connectivity index (χ4n) is 2.35. The number of rotatable bonds is 3. The van der Waals surface area contributed by atoms with Crippen LogP contribution < -0.4 is 5.73 Å². The maximum absolute atomic E-state index is 12.6. The lowest BCUT2D eigenvalue weighted by molar-refractivity contribution is 0.0692. The fourth-order valence-corrected chi connectivity index (χ4v) is 4.16. The second-order valence-electron chi connectivity index (χ2n) is 5.34. The Labute approximate surface area is 118 Å². The van der Waals surface area contributed by atoms with Gasteiger partial charge in [0.05, 0.1) is 10.5 Å². The van der Waals surface area contributed by atoms with Gasteiger partial charge in [-0.2, -0.15) is 4.31 Å². The summed E-state index contributed by atoms with van der Waals surface area (Å²) in [7, 11) is -3.80. The van der Waals surface area contributed by atoms with Crippen LogP contribution in [0.5, 0.6) is 0 Å². The summed E-state index contributed by atoms with van der Waals surface area (Å²) in [4.78, 5) is 11.0. The second kappa shape index (κ2) is 5.06. The molecule has 2 rings (SSSR count). The lowest BCUT2D eigenvalue weighted by Crippen LogP contribution is -2.30. The summed E-state index contributed by atoms with van der Waals surface area (Å²) in [6, 6.07) is 3.85. The van der Waals surface area contributed by atoms with Crippen LogP contribution in [-0.2, 0) is 10.0 Å². The molecule has 0 aromatic heterocycles. The number of hydrogen-bond acceptors (Lipinski definition) is 4. The van der Waals surface area contributed by atoms with E-state index in [0.717, 1.165) is 0 Å². The summed E-state index contributed by atoms with van der Waals surface area (Å²) in [5, 5.41) is 9.16. The zero-order valence-corrected chi connectivity index (χ0v) is 12.2. The van der Waals surface area contributed by atoms with Crippen molar-refractivity contribution in [3.05, 3.63) is 23.8 Å². The van der Waals surface area contributed by atoms with Crippen LogP contribution in [0.3, 0.4) is 0 Å². The Bertz CT molecular complexity index is 632. The molecular weight excluding hydrogens is 280 g/mol. The van der Waals surface area contributed by atoms with Crippen molar-refractivity contribution in [2.24, 2.45) is 11.8 Å². The first-order chi connectivity index (χ1) is 9.23. The molecule has 0 spiro atoms. The van der Waals surface area contributed by atoms with Crippen LogP contribution in [0.4, 0.5) is 5.69 Å². The fraction of sp³-hybridized carbons (Fsp3) is 0.462. The van der Waals surface area contributed by atoms with Gasteiger partial charge in [0.2, 0.25) is 10.0 Å². The normalized spacial score (nSPS) is 23.9. The number of carboxylic acid groups (broad SMARTS) is 1. The quantitative estimate of drug-likeness (QED) is 0.818. The molecule has 6 nitrogen and oxygen atoms in total. The van der Waals surface area contributed by atoms with Crippen molar-refractivity contribution in [3.8, 4) is 0 Å². The number of aromatic carboxylic acids is 1. The predicted octanol–water partition coefficient (Wildman–Crippen LogP) is 1.24. The van der Waals surface area contributed by atoms with Crippen LogP contribution in [0.2, 0.25) is 0 Å². The molecule has 1 saturated heterocycles. The molecule has 0 bridgehead atoms. The standard InChI is InChI=1S/C13H18N2O4S/c1-8-6-15(7-9(8)2)20(18,19)12-4-3-10(14)5-11(12)13(16)17/h3-5,8-9H,6-7,14H2,1-2H3,(H,16,17). The highest BCUT2D eigenvalue weighted by Crippen LogP contribution is 2.30. The zero-order valence-electron chi connectivity index (χ0n) is 11.4. The molecule has 110 valence electrons. The molecule has 1 aromatic rings. The van der Waals surface area contributed by atoms with Gasteiger partial charge in [-0.1, -0.05) is 13.8 Å². The Morgan fingerprint density at radius 2 is 1.85 bits per heavy atom. The Morgan fingerprint density at radius 3 is 2.35 bits per heavy atom. The molecule has 20 heavy (non-hydrogen) atoms. The van der Waals surface area contributed by atoms with Crippen LogP contribution in [0.1, 0.15) is 24.2 Å². The molecule has 1 fully saturated rings. The van der Waals surface area contributed by atoms with E-state index in [9.17, 15) is 13.2 Å². The average molecular weight is 298 g/mol. The molecule has 7 heteroatoms. The Balaban J connectivity index is 2.48. The van der Waals surface area contributed by atoms with E-state index >= 15 is 0 Å². The monoisotopic (exact) mass is 298 g/mol. The summed E-state index contributed by atoms with van der Waals surface area (Å²) in [5.41, 5.74) is 5.48. The van der Waals surface area contributed by atoms with Gasteiger partial charge < -0.3 is 10.8 Å². The van der Waals surface area contributed by atoms with Crippen LogP contribution in [0.15, 0.2) is 23.1 Å². The number of anilines is 1. The number of hydrogen-bond donors (Lipinski definition) is 2. The number of carboxylic acids is 1. The van der Waals surface area contributed by atoms with E-state index in [1.807, 2.05) is 13.8 Å². The van der Waals surface area contributed by atoms with Gasteiger partial charge >= 0.3 is 5.97 Å². The number of nitrogens with two attached hydrogens (primary N) is 1. The zero-order chi connectivity index (χ0) is 15.1. The number of nitrogen functional groups attached to an aromatic ring is 1. The Morgan fingerprint density at radius 1 is 1.30 bits per heavy atom. The van der Waals surface area contributed by atoms with E-state index in [4.69, 9.17) is 10.8 Å². The SMILES string of the molecule is CC1CN(S(=O)(=O)c2ccc(N)cc2C(=O)O)CC1C. The number of sulfonamides is 1. The minimum Gasteiger partial charge on any atom is -0.478 e. The predicted molar refractivity (Wildman–Crippen MR) is 74.9 cm³/mol. The summed E-state index contributed by atoms with van der Waals surface area (Å²) in [5.74, 6) is -0.783. The van der Waals surface area contributed by atoms with E-state index in [-0.39, 0.29) is 28.0 Å². The molecule has 1 aromatic carbocycles. The van der Waals surface area contributed by atoms with Crippen LogP contribution in [0.25, 0.3) is 0 Å². The van der Waals surface area contributed by atoms with E-state index in [1.165, 1.54) is 22.5 Å². The van der Waals surface area contributed by atoms with Crippen molar-refractivity contribution in [3.63, 3.8) is 0 Å². The van der Waals surface area contributed by atoms with E-state index in [1.54, 1.807) is 0 Å². The molecule has 2 unspecified atom stereocenters. The molecular formula is C13H18N2O4S.